The largest absolute Gasteiger partial charge is 0.481 e. The molecule has 1 aromatic rings. The molecule has 1 aromatic carbocycles. The van der Waals surface area contributed by atoms with E-state index in [0.717, 1.165) is 10.9 Å². The Balaban J connectivity index is 2.70. The zero-order valence-electron chi connectivity index (χ0n) is 9.65. The van der Waals surface area contributed by atoms with E-state index >= 15 is 0 Å². The summed E-state index contributed by atoms with van der Waals surface area (Å²) >= 11 is 3.29. The van der Waals surface area contributed by atoms with Gasteiger partial charge in [0.1, 0.15) is 0 Å². The molecule has 1 rings (SSSR count). The van der Waals surface area contributed by atoms with Crippen LogP contribution in [-0.4, -0.2) is 16.9 Å². The van der Waals surface area contributed by atoms with Crippen molar-refractivity contribution >= 4 is 27.7 Å². The first-order chi connectivity index (χ1) is 8.04. The summed E-state index contributed by atoms with van der Waals surface area (Å²) in [6, 6.07) is 6.97. The van der Waals surface area contributed by atoms with Gasteiger partial charge in [-0.2, -0.15) is 0 Å². The number of rotatable bonds is 6. The van der Waals surface area contributed by atoms with Crippen molar-refractivity contribution in [2.75, 3.05) is 0 Å². The van der Waals surface area contributed by atoms with Crippen LogP contribution in [0.25, 0.3) is 0 Å². The van der Waals surface area contributed by atoms with Gasteiger partial charge >= 0.3 is 5.97 Å². The lowest BCUT2D eigenvalue weighted by atomic mass is 9.94. The fourth-order valence-corrected chi connectivity index (χ4v) is 1.90. The van der Waals surface area contributed by atoms with Gasteiger partial charge in [-0.15, -0.1) is 0 Å². The van der Waals surface area contributed by atoms with Gasteiger partial charge in [-0.05, 0) is 18.6 Å². The van der Waals surface area contributed by atoms with Crippen molar-refractivity contribution in [1.82, 2.24) is 0 Å². The average Bonchev–Trinajstić information content (AvgIpc) is 2.29. The predicted octanol–water partition coefficient (Wildman–Crippen LogP) is 3.52. The number of halogens is 1. The van der Waals surface area contributed by atoms with Gasteiger partial charge < -0.3 is 5.11 Å². The Morgan fingerprint density at radius 1 is 1.29 bits per heavy atom. The maximum absolute atomic E-state index is 11.9. The van der Waals surface area contributed by atoms with E-state index in [1.54, 1.807) is 24.3 Å². The molecule has 0 saturated carbocycles. The van der Waals surface area contributed by atoms with E-state index < -0.39 is 11.9 Å². The molecular formula is C13H15BrO3. The highest BCUT2D eigenvalue weighted by atomic mass is 79.9. The van der Waals surface area contributed by atoms with Crippen LogP contribution in [0.5, 0.6) is 0 Å². The van der Waals surface area contributed by atoms with E-state index in [-0.39, 0.29) is 12.2 Å². The molecule has 0 heterocycles. The van der Waals surface area contributed by atoms with Gasteiger partial charge in [0.2, 0.25) is 0 Å². The molecule has 3 nitrogen and oxygen atoms in total. The Kier molecular flexibility index (Phi) is 5.35. The maximum atomic E-state index is 11.9. The number of aliphatic carboxylic acids is 1. The first-order valence-corrected chi connectivity index (χ1v) is 6.35. The summed E-state index contributed by atoms with van der Waals surface area (Å²) in [5, 5.41) is 8.98. The van der Waals surface area contributed by atoms with Gasteiger partial charge in [0.05, 0.1) is 5.92 Å². The zero-order chi connectivity index (χ0) is 12.8. The smallest absolute Gasteiger partial charge is 0.306 e. The minimum Gasteiger partial charge on any atom is -0.481 e. The van der Waals surface area contributed by atoms with Crippen LogP contribution in [0.2, 0.25) is 0 Å². The Bertz CT molecular complexity index is 398. The summed E-state index contributed by atoms with van der Waals surface area (Å²) in [5.74, 6) is -1.58. The molecule has 0 fully saturated rings. The topological polar surface area (TPSA) is 54.4 Å². The number of benzene rings is 1. The molecule has 0 amide bonds. The Labute approximate surface area is 109 Å². The van der Waals surface area contributed by atoms with E-state index in [9.17, 15) is 9.59 Å². The lowest BCUT2D eigenvalue weighted by Gasteiger charge is -2.10. The van der Waals surface area contributed by atoms with Crippen LogP contribution in [-0.2, 0) is 4.79 Å². The highest BCUT2D eigenvalue weighted by Crippen LogP contribution is 2.17. The van der Waals surface area contributed by atoms with Crippen molar-refractivity contribution < 1.29 is 14.7 Å². The van der Waals surface area contributed by atoms with Gasteiger partial charge in [-0.1, -0.05) is 41.4 Å². The molecule has 0 aliphatic rings. The maximum Gasteiger partial charge on any atom is 0.306 e. The second-order valence-electron chi connectivity index (χ2n) is 3.96. The second kappa shape index (κ2) is 6.55. The monoisotopic (exact) mass is 298 g/mol. The van der Waals surface area contributed by atoms with E-state index in [4.69, 9.17) is 5.11 Å². The number of Topliss-reactive ketones (excluding diaryl/α,β-unsaturated/α-hetero) is 1. The van der Waals surface area contributed by atoms with Crippen LogP contribution in [0, 0.1) is 5.92 Å². The summed E-state index contributed by atoms with van der Waals surface area (Å²) < 4.78 is 0.900. The number of carbonyl (C=O) groups is 2. The van der Waals surface area contributed by atoms with Gasteiger partial charge in [0.15, 0.2) is 5.78 Å². The van der Waals surface area contributed by atoms with Crippen molar-refractivity contribution in [2.24, 2.45) is 5.92 Å². The molecule has 0 aromatic heterocycles. The zero-order valence-corrected chi connectivity index (χ0v) is 11.2. The highest BCUT2D eigenvalue weighted by Gasteiger charge is 2.20. The summed E-state index contributed by atoms with van der Waals surface area (Å²) in [4.78, 5) is 22.8. The van der Waals surface area contributed by atoms with Crippen molar-refractivity contribution in [3.8, 4) is 0 Å². The van der Waals surface area contributed by atoms with E-state index in [2.05, 4.69) is 15.9 Å². The normalized spacial score (nSPS) is 12.1. The number of ketones is 1. The first-order valence-electron chi connectivity index (χ1n) is 5.56. The third-order valence-corrected chi connectivity index (χ3v) is 3.11. The third kappa shape index (κ3) is 4.30. The van der Waals surface area contributed by atoms with Crippen LogP contribution in [0.15, 0.2) is 28.7 Å². The third-order valence-electron chi connectivity index (χ3n) is 2.58. The number of hydrogen-bond donors (Lipinski definition) is 1. The van der Waals surface area contributed by atoms with Crippen molar-refractivity contribution in [1.29, 1.82) is 0 Å². The number of carboxylic acids is 1. The average molecular weight is 299 g/mol. The Hall–Kier alpha value is -1.16. The molecule has 0 spiro atoms. The molecule has 1 N–H and O–H groups in total. The lowest BCUT2D eigenvalue weighted by molar-refractivity contribution is -0.141. The molecular weight excluding hydrogens is 284 g/mol. The highest BCUT2D eigenvalue weighted by molar-refractivity contribution is 9.10. The molecule has 0 radical (unpaired) electrons. The van der Waals surface area contributed by atoms with Crippen LogP contribution >= 0.6 is 15.9 Å². The Morgan fingerprint density at radius 3 is 2.35 bits per heavy atom. The van der Waals surface area contributed by atoms with Crippen LogP contribution in [0.1, 0.15) is 36.5 Å². The molecule has 0 saturated heterocycles. The molecule has 0 aliphatic heterocycles. The van der Waals surface area contributed by atoms with Gasteiger partial charge in [-0.3, -0.25) is 9.59 Å². The molecule has 92 valence electrons. The molecule has 0 aliphatic carbocycles. The molecule has 1 unspecified atom stereocenters. The fourth-order valence-electron chi connectivity index (χ4n) is 1.64. The van der Waals surface area contributed by atoms with Crippen LogP contribution in [0.4, 0.5) is 0 Å². The first kappa shape index (κ1) is 13.9. The Morgan fingerprint density at radius 2 is 1.88 bits per heavy atom. The summed E-state index contributed by atoms with van der Waals surface area (Å²) in [7, 11) is 0. The molecule has 1 atom stereocenters. The van der Waals surface area contributed by atoms with Crippen molar-refractivity contribution in [2.45, 2.75) is 26.2 Å². The minimum absolute atomic E-state index is 0.0742. The quantitative estimate of drug-likeness (QED) is 0.818. The summed E-state index contributed by atoms with van der Waals surface area (Å²) in [6.07, 6.45) is 1.38. The van der Waals surface area contributed by atoms with Crippen LogP contribution in [0.3, 0.4) is 0 Å². The lowest BCUT2D eigenvalue weighted by Crippen LogP contribution is -2.17. The van der Waals surface area contributed by atoms with Crippen molar-refractivity contribution in [3.63, 3.8) is 0 Å². The number of carboxylic acid groups (broad SMARTS) is 1. The predicted molar refractivity (Wildman–Crippen MR) is 69.1 cm³/mol. The fraction of sp³-hybridized carbons (Fsp3) is 0.385. The van der Waals surface area contributed by atoms with Crippen LogP contribution < -0.4 is 0 Å². The van der Waals surface area contributed by atoms with E-state index in [1.807, 2.05) is 6.92 Å². The van der Waals surface area contributed by atoms with Gasteiger partial charge in [0.25, 0.3) is 0 Å². The summed E-state index contributed by atoms with van der Waals surface area (Å²) in [5.41, 5.74) is 0.565. The van der Waals surface area contributed by atoms with E-state index in [0.29, 0.717) is 12.0 Å². The van der Waals surface area contributed by atoms with E-state index in [1.165, 1.54) is 0 Å². The van der Waals surface area contributed by atoms with Gasteiger partial charge in [-0.25, -0.2) is 0 Å². The van der Waals surface area contributed by atoms with Gasteiger partial charge in [0, 0.05) is 16.5 Å². The standard InChI is InChI=1S/C13H15BrO3/c1-2-3-10(13(16)17)8-12(15)9-4-6-11(14)7-5-9/h4-7,10H,2-3,8H2,1H3,(H,16,17). The second-order valence-corrected chi connectivity index (χ2v) is 4.87. The molecule has 4 heteroatoms. The summed E-state index contributed by atoms with van der Waals surface area (Å²) in [6.45, 7) is 1.92. The minimum atomic E-state index is -0.891. The van der Waals surface area contributed by atoms with Crippen molar-refractivity contribution in [3.05, 3.63) is 34.3 Å². The molecule has 0 bridgehead atoms. The molecule has 17 heavy (non-hydrogen) atoms. The number of carbonyl (C=O) groups excluding carboxylic acids is 1. The SMILES string of the molecule is CCCC(CC(=O)c1ccc(Br)cc1)C(=O)O. The number of hydrogen-bond acceptors (Lipinski definition) is 2.